The number of nitrogens with zero attached hydrogens (tertiary/aromatic N) is 1. The van der Waals surface area contributed by atoms with Gasteiger partial charge in [-0.3, -0.25) is 4.79 Å². The molecule has 2 amide bonds. The first-order valence-electron chi connectivity index (χ1n) is 11.1. The molecule has 2 aliphatic rings. The number of fused-ring (bicyclic) bond motifs is 3. The quantitative estimate of drug-likeness (QED) is 0.385. The molecular weight excluding hydrogens is 490 g/mol. The van der Waals surface area contributed by atoms with Crippen molar-refractivity contribution in [2.75, 3.05) is 25.6 Å². The Morgan fingerprint density at radius 2 is 2.06 bits per heavy atom. The number of hydrogen-bond donors (Lipinski definition) is 2. The summed E-state index contributed by atoms with van der Waals surface area (Å²) in [6.45, 7) is 3.03. The molecule has 182 valence electrons. The first kappa shape index (κ1) is 23.2. The maximum absolute atomic E-state index is 13.1. The molecule has 0 fully saturated rings. The Hall–Kier alpha value is -3.57. The summed E-state index contributed by atoms with van der Waals surface area (Å²) in [7, 11) is 1.50. The molecule has 2 aromatic heterocycles. The van der Waals surface area contributed by atoms with Gasteiger partial charge in [-0.2, -0.15) is 0 Å². The molecule has 2 N–H and O–H groups in total. The summed E-state index contributed by atoms with van der Waals surface area (Å²) in [6.07, 6.45) is -0.239. The average Bonchev–Trinajstić information content (AvgIpc) is 3.52. The van der Waals surface area contributed by atoms with E-state index in [1.165, 1.54) is 29.8 Å². The zero-order valence-electron chi connectivity index (χ0n) is 19.1. The maximum atomic E-state index is 13.1. The van der Waals surface area contributed by atoms with Crippen LogP contribution in [-0.4, -0.2) is 43.1 Å². The highest BCUT2D eigenvalue weighted by molar-refractivity contribution is 7.16. The molecule has 5 rings (SSSR count). The van der Waals surface area contributed by atoms with Crippen LogP contribution in [0.2, 0.25) is 0 Å². The molecule has 0 saturated carbocycles. The van der Waals surface area contributed by atoms with Gasteiger partial charge in [-0.1, -0.05) is 12.1 Å². The number of thiophene rings is 2. The lowest BCUT2D eigenvalue weighted by Crippen LogP contribution is -2.39. The van der Waals surface area contributed by atoms with E-state index in [0.29, 0.717) is 48.1 Å². The summed E-state index contributed by atoms with van der Waals surface area (Å²) in [5.41, 5.74) is 2.36. The summed E-state index contributed by atoms with van der Waals surface area (Å²) in [6, 6.07) is 8.64. The van der Waals surface area contributed by atoms with Crippen molar-refractivity contribution in [3.63, 3.8) is 0 Å². The van der Waals surface area contributed by atoms with E-state index in [0.717, 1.165) is 21.0 Å². The van der Waals surface area contributed by atoms with Crippen molar-refractivity contribution in [3.05, 3.63) is 62.2 Å². The minimum Gasteiger partial charge on any atom is -0.493 e. The van der Waals surface area contributed by atoms with E-state index in [4.69, 9.17) is 14.2 Å². The molecule has 3 aromatic rings. The van der Waals surface area contributed by atoms with Gasteiger partial charge in [0.25, 0.3) is 5.91 Å². The minimum atomic E-state index is -0.493. The van der Waals surface area contributed by atoms with Crippen LogP contribution in [0.5, 0.6) is 11.5 Å². The molecule has 0 saturated heterocycles. The molecule has 9 nitrogen and oxygen atoms in total. The van der Waals surface area contributed by atoms with Crippen molar-refractivity contribution >= 4 is 45.6 Å². The van der Waals surface area contributed by atoms with Crippen LogP contribution < -0.4 is 20.1 Å². The van der Waals surface area contributed by atoms with Crippen LogP contribution in [0, 0.1) is 0 Å². The van der Waals surface area contributed by atoms with Crippen molar-refractivity contribution < 1.29 is 28.6 Å². The summed E-state index contributed by atoms with van der Waals surface area (Å²) in [5.74, 6) is 0.0479. The Morgan fingerprint density at radius 1 is 1.20 bits per heavy atom. The molecular formula is C24H23N3O6S2. The predicted molar refractivity (Wildman–Crippen MR) is 132 cm³/mol. The summed E-state index contributed by atoms with van der Waals surface area (Å²) < 4.78 is 16.1. The molecule has 0 bridgehead atoms. The van der Waals surface area contributed by atoms with E-state index >= 15 is 0 Å². The lowest BCUT2D eigenvalue weighted by Gasteiger charge is -2.28. The van der Waals surface area contributed by atoms with Gasteiger partial charge in [0.1, 0.15) is 16.0 Å². The maximum Gasteiger partial charge on any atom is 0.410 e. The highest BCUT2D eigenvalue weighted by atomic mass is 32.1. The van der Waals surface area contributed by atoms with Gasteiger partial charge in [0, 0.05) is 11.4 Å². The number of hydrogen-bond acceptors (Lipinski definition) is 9. The highest BCUT2D eigenvalue weighted by Crippen LogP contribution is 2.41. The number of esters is 1. The fourth-order valence-corrected chi connectivity index (χ4v) is 6.03. The van der Waals surface area contributed by atoms with Crippen LogP contribution in [0.3, 0.4) is 0 Å². The summed E-state index contributed by atoms with van der Waals surface area (Å²) in [5, 5.41) is 8.97. The van der Waals surface area contributed by atoms with Crippen LogP contribution in [0.15, 0.2) is 35.7 Å². The van der Waals surface area contributed by atoms with Gasteiger partial charge in [0.2, 0.25) is 0 Å². The van der Waals surface area contributed by atoms with Crippen molar-refractivity contribution in [3.8, 4) is 11.5 Å². The van der Waals surface area contributed by atoms with Gasteiger partial charge in [0.05, 0.1) is 25.8 Å². The Bertz CT molecular complexity index is 1290. The number of carbonyl (C=O) groups is 3. The number of ether oxygens (including phenoxy) is 3. The number of nitrogens with one attached hydrogen (secondary N) is 2. The van der Waals surface area contributed by atoms with E-state index in [-0.39, 0.29) is 12.0 Å². The molecule has 0 spiro atoms. The smallest absolute Gasteiger partial charge is 0.410 e. The fraction of sp³-hybridized carbons (Fsp3) is 0.292. The van der Waals surface area contributed by atoms with Gasteiger partial charge >= 0.3 is 12.1 Å². The molecule has 1 atom stereocenters. The zero-order valence-corrected chi connectivity index (χ0v) is 20.7. The predicted octanol–water partition coefficient (Wildman–Crippen LogP) is 4.41. The second-order valence-corrected chi connectivity index (χ2v) is 9.96. The topological polar surface area (TPSA) is 106 Å². The monoisotopic (exact) mass is 513 g/mol. The Labute approximate surface area is 209 Å². The van der Waals surface area contributed by atoms with E-state index in [2.05, 4.69) is 10.6 Å². The number of anilines is 1. The third kappa shape index (κ3) is 4.44. The van der Waals surface area contributed by atoms with Crippen molar-refractivity contribution in [1.29, 1.82) is 0 Å². The molecule has 0 unspecified atom stereocenters. The zero-order chi connectivity index (χ0) is 24.5. The first-order chi connectivity index (χ1) is 17.0. The average molecular weight is 514 g/mol. The van der Waals surface area contributed by atoms with Crippen molar-refractivity contribution in [2.24, 2.45) is 0 Å². The van der Waals surface area contributed by atoms with Crippen LogP contribution in [0.1, 0.15) is 49.1 Å². The van der Waals surface area contributed by atoms with Gasteiger partial charge in [-0.25, -0.2) is 9.59 Å². The van der Waals surface area contributed by atoms with Crippen LogP contribution in [-0.2, 0) is 17.7 Å². The summed E-state index contributed by atoms with van der Waals surface area (Å²) >= 11 is 2.78. The van der Waals surface area contributed by atoms with Gasteiger partial charge in [-0.05, 0) is 48.1 Å². The number of carbonyl (C=O) groups excluding carboxylic acids is 3. The molecule has 0 radical (unpaired) electrons. The molecule has 1 aromatic carbocycles. The molecule has 2 aliphatic heterocycles. The van der Waals surface area contributed by atoms with Crippen LogP contribution in [0.4, 0.5) is 9.80 Å². The van der Waals surface area contributed by atoms with Crippen molar-refractivity contribution in [1.82, 2.24) is 10.2 Å². The Balaban J connectivity index is 1.36. The van der Waals surface area contributed by atoms with E-state index in [9.17, 15) is 14.4 Å². The van der Waals surface area contributed by atoms with Crippen LogP contribution in [0.25, 0.3) is 0 Å². The highest BCUT2D eigenvalue weighted by Gasteiger charge is 2.34. The lowest BCUT2D eigenvalue weighted by atomic mass is 10.0. The van der Waals surface area contributed by atoms with E-state index in [1.807, 2.05) is 0 Å². The Kier molecular flexibility index (Phi) is 6.35. The summed E-state index contributed by atoms with van der Waals surface area (Å²) in [4.78, 5) is 40.7. The third-order valence-electron chi connectivity index (χ3n) is 5.81. The number of methoxy groups -OCH3 is 1. The first-order valence-corrected chi connectivity index (χ1v) is 12.7. The van der Waals surface area contributed by atoms with Gasteiger partial charge in [-0.15, -0.1) is 22.7 Å². The number of amides is 2. The molecule has 35 heavy (non-hydrogen) atoms. The molecule has 0 aliphatic carbocycles. The number of rotatable bonds is 5. The molecule has 4 heterocycles. The standard InChI is InChI=1S/C24H23N3O6S2/c1-3-32-24(30)27-9-8-14-18(12-27)35-22-19(14)21(28)25-20(26-22)13-6-7-15(16(11-13)31-2)33-23(29)17-5-4-10-34-17/h4-7,10-11,20,26H,3,8-9,12H2,1-2H3,(H,25,28)/t20-/m0/s1. The molecule has 11 heteroatoms. The largest absolute Gasteiger partial charge is 0.493 e. The van der Waals surface area contributed by atoms with E-state index < -0.39 is 12.1 Å². The SMILES string of the molecule is CCOC(=O)N1CCc2c(sc3c2C(=O)N[C@H](c2ccc(OC(=O)c4cccs4)c(OC)c2)N3)C1. The fourth-order valence-electron chi connectivity index (χ4n) is 4.15. The Morgan fingerprint density at radius 3 is 2.80 bits per heavy atom. The number of benzene rings is 1. The van der Waals surface area contributed by atoms with E-state index in [1.54, 1.807) is 47.5 Å². The van der Waals surface area contributed by atoms with Gasteiger partial charge < -0.3 is 29.7 Å². The normalized spacial score (nSPS) is 16.5. The van der Waals surface area contributed by atoms with Crippen molar-refractivity contribution in [2.45, 2.75) is 26.1 Å². The second-order valence-electron chi connectivity index (χ2n) is 7.91. The third-order valence-corrected chi connectivity index (χ3v) is 7.80. The van der Waals surface area contributed by atoms with Gasteiger partial charge in [0.15, 0.2) is 11.5 Å². The van der Waals surface area contributed by atoms with Crippen LogP contribution >= 0.6 is 22.7 Å². The second kappa shape index (κ2) is 9.59. The lowest BCUT2D eigenvalue weighted by molar-refractivity contribution is 0.0734. The minimum absolute atomic E-state index is 0.169.